The van der Waals surface area contributed by atoms with Gasteiger partial charge >= 0.3 is 0 Å². The fourth-order valence-electron chi connectivity index (χ4n) is 4.15. The van der Waals surface area contributed by atoms with E-state index in [9.17, 15) is 5.11 Å². The Bertz CT molecular complexity index is 690. The SMILES string of the molecule is Cn1c(CN2CCC(O)CC2)nnc1C1CCCN(Cc2ncc[nH]2)C1. The average molecular weight is 359 g/mol. The fraction of sp³-hybridized carbons (Fsp3) is 0.722. The maximum atomic E-state index is 9.67. The number of aliphatic hydroxyl groups is 1. The second kappa shape index (κ2) is 7.85. The van der Waals surface area contributed by atoms with Gasteiger partial charge in [0.2, 0.25) is 0 Å². The van der Waals surface area contributed by atoms with Crippen molar-refractivity contribution in [3.63, 3.8) is 0 Å². The highest BCUT2D eigenvalue weighted by atomic mass is 16.3. The Labute approximate surface area is 154 Å². The van der Waals surface area contributed by atoms with Crippen molar-refractivity contribution in [1.29, 1.82) is 0 Å². The minimum absolute atomic E-state index is 0.135. The van der Waals surface area contributed by atoms with Crippen LogP contribution in [0.3, 0.4) is 0 Å². The van der Waals surface area contributed by atoms with E-state index in [1.165, 1.54) is 6.42 Å². The van der Waals surface area contributed by atoms with E-state index in [2.05, 4.69) is 41.6 Å². The third-order valence-electron chi connectivity index (χ3n) is 5.72. The summed E-state index contributed by atoms with van der Waals surface area (Å²) in [6.45, 7) is 5.66. The summed E-state index contributed by atoms with van der Waals surface area (Å²) in [6, 6.07) is 0. The Hall–Kier alpha value is -1.77. The third kappa shape index (κ3) is 3.97. The van der Waals surface area contributed by atoms with Crippen LogP contribution < -0.4 is 0 Å². The molecule has 2 aromatic rings. The molecule has 142 valence electrons. The van der Waals surface area contributed by atoms with Crippen LogP contribution in [0.1, 0.15) is 49.1 Å². The van der Waals surface area contributed by atoms with Crippen LogP contribution in [0.15, 0.2) is 12.4 Å². The summed E-state index contributed by atoms with van der Waals surface area (Å²) in [6.07, 6.45) is 7.61. The molecule has 0 spiro atoms. The summed E-state index contributed by atoms with van der Waals surface area (Å²) >= 11 is 0. The molecule has 26 heavy (non-hydrogen) atoms. The highest BCUT2D eigenvalue weighted by Crippen LogP contribution is 2.26. The molecule has 4 rings (SSSR count). The van der Waals surface area contributed by atoms with Gasteiger partial charge < -0.3 is 14.7 Å². The lowest BCUT2D eigenvalue weighted by molar-refractivity contribution is 0.0775. The fourth-order valence-corrected chi connectivity index (χ4v) is 4.15. The summed E-state index contributed by atoms with van der Waals surface area (Å²) in [5.41, 5.74) is 0. The van der Waals surface area contributed by atoms with Crippen LogP contribution in [0.25, 0.3) is 0 Å². The standard InChI is InChI=1S/C18H29N7O/c1-23-17(13-24-9-4-15(26)5-10-24)21-22-18(23)14-3-2-8-25(11-14)12-16-19-6-7-20-16/h6-7,14-15,26H,2-5,8-13H2,1H3,(H,19,20). The lowest BCUT2D eigenvalue weighted by atomic mass is 9.97. The van der Waals surface area contributed by atoms with Gasteiger partial charge in [-0.25, -0.2) is 4.98 Å². The molecule has 0 radical (unpaired) electrons. The summed E-state index contributed by atoms with van der Waals surface area (Å²) in [5.74, 6) is 3.57. The maximum Gasteiger partial charge on any atom is 0.146 e. The van der Waals surface area contributed by atoms with Crippen molar-refractivity contribution in [1.82, 2.24) is 34.5 Å². The van der Waals surface area contributed by atoms with Crippen LogP contribution in [-0.4, -0.2) is 71.9 Å². The first-order valence-corrected chi connectivity index (χ1v) is 9.68. The average Bonchev–Trinajstić information content (AvgIpc) is 3.28. The molecule has 2 fully saturated rings. The van der Waals surface area contributed by atoms with E-state index in [-0.39, 0.29) is 6.10 Å². The van der Waals surface area contributed by atoms with Gasteiger partial charge in [-0.05, 0) is 32.2 Å². The molecule has 0 aromatic carbocycles. The van der Waals surface area contributed by atoms with Gasteiger partial charge in [-0.1, -0.05) is 0 Å². The number of nitrogens with one attached hydrogen (secondary N) is 1. The van der Waals surface area contributed by atoms with Crippen molar-refractivity contribution in [2.45, 2.75) is 50.8 Å². The van der Waals surface area contributed by atoms with E-state index < -0.39 is 0 Å². The van der Waals surface area contributed by atoms with Crippen LogP contribution >= 0.6 is 0 Å². The zero-order chi connectivity index (χ0) is 17.9. The molecule has 0 bridgehead atoms. The Morgan fingerprint density at radius 1 is 1.12 bits per heavy atom. The number of hydrogen-bond donors (Lipinski definition) is 2. The minimum atomic E-state index is -0.135. The van der Waals surface area contributed by atoms with Gasteiger partial charge in [0.1, 0.15) is 17.5 Å². The third-order valence-corrected chi connectivity index (χ3v) is 5.72. The van der Waals surface area contributed by atoms with Crippen LogP contribution in [0.2, 0.25) is 0 Å². The lowest BCUT2D eigenvalue weighted by Gasteiger charge is -2.31. The molecule has 2 N–H and O–H groups in total. The van der Waals surface area contributed by atoms with Gasteiger partial charge in [0.25, 0.3) is 0 Å². The van der Waals surface area contributed by atoms with E-state index in [1.807, 2.05) is 12.4 Å². The van der Waals surface area contributed by atoms with Gasteiger partial charge in [0.05, 0.1) is 19.2 Å². The normalized spacial score (nSPS) is 23.5. The second-order valence-electron chi connectivity index (χ2n) is 7.65. The van der Waals surface area contributed by atoms with Gasteiger partial charge in [-0.3, -0.25) is 9.80 Å². The van der Waals surface area contributed by atoms with Crippen molar-refractivity contribution in [3.8, 4) is 0 Å². The predicted octanol–water partition coefficient (Wildman–Crippen LogP) is 0.874. The summed E-state index contributed by atoms with van der Waals surface area (Å²) in [7, 11) is 2.09. The van der Waals surface area contributed by atoms with Crippen LogP contribution in [-0.2, 0) is 20.1 Å². The molecular weight excluding hydrogens is 330 g/mol. The van der Waals surface area contributed by atoms with E-state index in [1.54, 1.807) is 0 Å². The van der Waals surface area contributed by atoms with Crippen molar-refractivity contribution in [2.24, 2.45) is 7.05 Å². The Morgan fingerprint density at radius 2 is 1.96 bits per heavy atom. The summed E-state index contributed by atoms with van der Waals surface area (Å²) in [4.78, 5) is 12.4. The first kappa shape index (κ1) is 17.6. The number of nitrogens with zero attached hydrogens (tertiary/aromatic N) is 6. The second-order valence-corrected chi connectivity index (χ2v) is 7.65. The highest BCUT2D eigenvalue weighted by molar-refractivity contribution is 5.04. The Balaban J connectivity index is 1.38. The summed E-state index contributed by atoms with van der Waals surface area (Å²) in [5, 5.41) is 18.7. The largest absolute Gasteiger partial charge is 0.393 e. The van der Waals surface area contributed by atoms with Gasteiger partial charge in [0, 0.05) is 45.0 Å². The van der Waals surface area contributed by atoms with Crippen molar-refractivity contribution >= 4 is 0 Å². The number of piperidine rings is 2. The quantitative estimate of drug-likeness (QED) is 0.824. The molecule has 4 heterocycles. The molecule has 0 saturated carbocycles. The highest BCUT2D eigenvalue weighted by Gasteiger charge is 2.27. The monoisotopic (exact) mass is 359 g/mol. The number of rotatable bonds is 5. The van der Waals surface area contributed by atoms with E-state index >= 15 is 0 Å². The molecule has 0 amide bonds. The van der Waals surface area contributed by atoms with Crippen LogP contribution in [0, 0.1) is 0 Å². The molecule has 8 heteroatoms. The number of aliphatic hydroxyl groups excluding tert-OH is 1. The van der Waals surface area contributed by atoms with Gasteiger partial charge in [0.15, 0.2) is 0 Å². The van der Waals surface area contributed by atoms with Crippen LogP contribution in [0.5, 0.6) is 0 Å². The molecule has 1 unspecified atom stereocenters. The number of likely N-dealkylation sites (tertiary alicyclic amines) is 2. The molecule has 8 nitrogen and oxygen atoms in total. The van der Waals surface area contributed by atoms with Crippen molar-refractivity contribution in [3.05, 3.63) is 29.9 Å². The zero-order valence-corrected chi connectivity index (χ0v) is 15.5. The van der Waals surface area contributed by atoms with E-state index in [0.717, 1.165) is 76.0 Å². The molecule has 2 saturated heterocycles. The zero-order valence-electron chi connectivity index (χ0n) is 15.5. The molecule has 1 atom stereocenters. The first-order chi connectivity index (χ1) is 12.7. The van der Waals surface area contributed by atoms with Crippen molar-refractivity contribution in [2.75, 3.05) is 26.2 Å². The number of aromatic amines is 1. The lowest BCUT2D eigenvalue weighted by Crippen LogP contribution is -2.36. The topological polar surface area (TPSA) is 86.1 Å². The number of aromatic nitrogens is 5. The predicted molar refractivity (Wildman–Crippen MR) is 97.4 cm³/mol. The van der Waals surface area contributed by atoms with Gasteiger partial charge in [-0.15, -0.1) is 10.2 Å². The molecule has 2 aromatic heterocycles. The number of imidazole rings is 1. The van der Waals surface area contributed by atoms with E-state index in [4.69, 9.17) is 0 Å². The Kier molecular flexibility index (Phi) is 5.33. The minimum Gasteiger partial charge on any atom is -0.393 e. The van der Waals surface area contributed by atoms with Crippen LogP contribution in [0.4, 0.5) is 0 Å². The number of hydrogen-bond acceptors (Lipinski definition) is 6. The molecule has 2 aliphatic heterocycles. The smallest absolute Gasteiger partial charge is 0.146 e. The molecule has 2 aliphatic rings. The van der Waals surface area contributed by atoms with Gasteiger partial charge in [-0.2, -0.15) is 0 Å². The Morgan fingerprint density at radius 3 is 2.73 bits per heavy atom. The van der Waals surface area contributed by atoms with E-state index in [0.29, 0.717) is 5.92 Å². The first-order valence-electron chi connectivity index (χ1n) is 9.68. The molecular formula is C18H29N7O. The molecule has 0 aliphatic carbocycles. The maximum absolute atomic E-state index is 9.67. The summed E-state index contributed by atoms with van der Waals surface area (Å²) < 4.78 is 2.19. The van der Waals surface area contributed by atoms with Crippen molar-refractivity contribution < 1.29 is 5.11 Å². The number of H-pyrrole nitrogens is 1.